The van der Waals surface area contributed by atoms with Crippen LogP contribution < -0.4 is 0 Å². The fraction of sp³-hybridized carbons (Fsp3) is 0.462. The van der Waals surface area contributed by atoms with Gasteiger partial charge in [0.25, 0.3) is 0 Å². The maximum atomic E-state index is 10.7. The molecule has 1 aromatic carbocycles. The number of carboxylic acid groups (broad SMARTS) is 1. The predicted octanol–water partition coefficient (Wildman–Crippen LogP) is 3.00. The van der Waals surface area contributed by atoms with Crippen LogP contribution in [0.2, 0.25) is 0 Å². The van der Waals surface area contributed by atoms with Gasteiger partial charge in [-0.1, -0.05) is 38.1 Å². The van der Waals surface area contributed by atoms with E-state index in [2.05, 4.69) is 38.1 Å². The summed E-state index contributed by atoms with van der Waals surface area (Å²) in [6.07, 6.45) is 0.802. The second kappa shape index (κ2) is 3.69. The molecule has 0 radical (unpaired) electrons. The summed E-state index contributed by atoms with van der Waals surface area (Å²) in [6.45, 7) is 4.32. The third-order valence-electron chi connectivity index (χ3n) is 3.14. The quantitative estimate of drug-likeness (QED) is 0.821. The van der Waals surface area contributed by atoms with E-state index in [1.54, 1.807) is 0 Å². The van der Waals surface area contributed by atoms with Gasteiger partial charge in [0.1, 0.15) is 0 Å². The molecule has 0 saturated heterocycles. The number of rotatable bonds is 3. The van der Waals surface area contributed by atoms with Gasteiger partial charge in [-0.25, -0.2) is 0 Å². The van der Waals surface area contributed by atoms with Crippen LogP contribution in [0.4, 0.5) is 0 Å². The lowest BCUT2D eigenvalue weighted by Crippen LogP contribution is -1.99. The normalized spacial score (nSPS) is 24.2. The Kier molecular flexibility index (Phi) is 2.51. The van der Waals surface area contributed by atoms with Crippen LogP contribution in [0, 0.1) is 5.92 Å². The zero-order valence-corrected chi connectivity index (χ0v) is 9.10. The van der Waals surface area contributed by atoms with E-state index in [1.807, 2.05) is 0 Å². The minimum atomic E-state index is -0.659. The van der Waals surface area contributed by atoms with E-state index in [0.29, 0.717) is 5.92 Å². The smallest absolute Gasteiger partial charge is 0.307 e. The van der Waals surface area contributed by atoms with Crippen molar-refractivity contribution in [3.63, 3.8) is 0 Å². The van der Waals surface area contributed by atoms with Crippen LogP contribution in [0.15, 0.2) is 24.3 Å². The van der Waals surface area contributed by atoms with Crippen LogP contribution in [-0.2, 0) is 4.79 Å². The highest BCUT2D eigenvalue weighted by atomic mass is 16.4. The van der Waals surface area contributed by atoms with Crippen molar-refractivity contribution >= 4 is 5.97 Å². The van der Waals surface area contributed by atoms with Crippen LogP contribution in [0.25, 0.3) is 0 Å². The van der Waals surface area contributed by atoms with Gasteiger partial charge >= 0.3 is 5.97 Å². The lowest BCUT2D eigenvalue weighted by Gasteiger charge is -2.06. The molecule has 2 atom stereocenters. The summed E-state index contributed by atoms with van der Waals surface area (Å²) in [6, 6.07) is 8.36. The molecular formula is C13H16O2. The summed E-state index contributed by atoms with van der Waals surface area (Å²) in [5.74, 6) is -0.0138. The van der Waals surface area contributed by atoms with E-state index >= 15 is 0 Å². The number of carboxylic acids is 1. The van der Waals surface area contributed by atoms with Crippen LogP contribution in [-0.4, -0.2) is 11.1 Å². The average Bonchev–Trinajstić information content (AvgIpc) is 2.97. The van der Waals surface area contributed by atoms with Gasteiger partial charge in [0.2, 0.25) is 0 Å². The molecule has 0 aromatic heterocycles. The minimum Gasteiger partial charge on any atom is -0.481 e. The van der Waals surface area contributed by atoms with Crippen LogP contribution >= 0.6 is 0 Å². The molecule has 1 aliphatic carbocycles. The van der Waals surface area contributed by atoms with Gasteiger partial charge in [-0.2, -0.15) is 0 Å². The van der Waals surface area contributed by atoms with Crippen molar-refractivity contribution in [1.82, 2.24) is 0 Å². The van der Waals surface area contributed by atoms with E-state index in [9.17, 15) is 4.79 Å². The Morgan fingerprint density at radius 3 is 2.33 bits per heavy atom. The van der Waals surface area contributed by atoms with Gasteiger partial charge in [0, 0.05) is 0 Å². The number of carbonyl (C=O) groups is 1. The maximum absolute atomic E-state index is 10.7. The number of hydrogen-bond acceptors (Lipinski definition) is 1. The van der Waals surface area contributed by atoms with Crippen LogP contribution in [0.1, 0.15) is 43.2 Å². The molecule has 2 nitrogen and oxygen atoms in total. The Morgan fingerprint density at radius 1 is 1.33 bits per heavy atom. The lowest BCUT2D eigenvalue weighted by molar-refractivity contribution is -0.138. The largest absolute Gasteiger partial charge is 0.481 e. The van der Waals surface area contributed by atoms with E-state index in [0.717, 1.165) is 6.42 Å². The molecule has 0 unspecified atom stereocenters. The Hall–Kier alpha value is -1.31. The van der Waals surface area contributed by atoms with E-state index < -0.39 is 5.97 Å². The summed E-state index contributed by atoms with van der Waals surface area (Å²) in [5, 5.41) is 8.83. The summed E-state index contributed by atoms with van der Waals surface area (Å²) >= 11 is 0. The molecule has 1 saturated carbocycles. The van der Waals surface area contributed by atoms with Crippen LogP contribution in [0.5, 0.6) is 0 Å². The monoisotopic (exact) mass is 204 g/mol. The zero-order valence-electron chi connectivity index (χ0n) is 9.10. The fourth-order valence-corrected chi connectivity index (χ4v) is 1.96. The molecule has 15 heavy (non-hydrogen) atoms. The van der Waals surface area contributed by atoms with Crippen molar-refractivity contribution in [2.75, 3.05) is 0 Å². The second-order valence-corrected chi connectivity index (χ2v) is 4.61. The fourth-order valence-electron chi connectivity index (χ4n) is 1.96. The number of hydrogen-bond donors (Lipinski definition) is 1. The number of aliphatic carboxylic acids is 1. The third kappa shape index (κ3) is 2.04. The van der Waals surface area contributed by atoms with Gasteiger partial charge in [0.05, 0.1) is 5.92 Å². The van der Waals surface area contributed by atoms with Gasteiger partial charge in [-0.3, -0.25) is 4.79 Å². The second-order valence-electron chi connectivity index (χ2n) is 4.61. The van der Waals surface area contributed by atoms with Gasteiger partial charge in [-0.15, -0.1) is 0 Å². The highest BCUT2D eigenvalue weighted by Gasteiger charge is 2.43. The highest BCUT2D eigenvalue weighted by molar-refractivity contribution is 5.75. The van der Waals surface area contributed by atoms with Gasteiger partial charge in [-0.05, 0) is 29.4 Å². The van der Waals surface area contributed by atoms with Crippen molar-refractivity contribution in [2.45, 2.75) is 32.1 Å². The molecule has 0 heterocycles. The summed E-state index contributed by atoms with van der Waals surface area (Å²) in [7, 11) is 0. The molecule has 2 rings (SSSR count). The molecule has 0 aliphatic heterocycles. The zero-order chi connectivity index (χ0) is 11.0. The Morgan fingerprint density at radius 2 is 1.93 bits per heavy atom. The topological polar surface area (TPSA) is 37.3 Å². The first kappa shape index (κ1) is 10.2. The molecule has 1 aromatic rings. The summed E-state index contributed by atoms with van der Waals surface area (Å²) in [4.78, 5) is 10.7. The Bertz CT molecular complexity index is 365. The van der Waals surface area contributed by atoms with Crippen molar-refractivity contribution in [3.8, 4) is 0 Å². The number of benzene rings is 1. The van der Waals surface area contributed by atoms with E-state index in [-0.39, 0.29) is 11.8 Å². The van der Waals surface area contributed by atoms with E-state index in [1.165, 1.54) is 11.1 Å². The van der Waals surface area contributed by atoms with Crippen molar-refractivity contribution in [2.24, 2.45) is 5.92 Å². The first-order valence-corrected chi connectivity index (χ1v) is 5.42. The molecule has 1 fully saturated rings. The molecule has 80 valence electrons. The maximum Gasteiger partial charge on any atom is 0.307 e. The molecule has 0 spiro atoms. The first-order valence-electron chi connectivity index (χ1n) is 5.42. The van der Waals surface area contributed by atoms with Crippen LogP contribution in [0.3, 0.4) is 0 Å². The molecule has 0 bridgehead atoms. The molecule has 2 heteroatoms. The van der Waals surface area contributed by atoms with Gasteiger partial charge in [0.15, 0.2) is 0 Å². The van der Waals surface area contributed by atoms with E-state index in [4.69, 9.17) is 5.11 Å². The minimum absolute atomic E-state index is 0.144. The average molecular weight is 204 g/mol. The van der Waals surface area contributed by atoms with Gasteiger partial charge < -0.3 is 5.11 Å². The standard InChI is InChI=1S/C13H16O2/c1-8(2)9-3-5-10(6-4-9)11-7-12(11)13(14)15/h3-6,8,11-12H,7H2,1-2H3,(H,14,15)/t11-,12-/m0/s1. The SMILES string of the molecule is CC(C)c1ccc([C@@H]2C[C@@H]2C(=O)O)cc1. The molecule has 1 N–H and O–H groups in total. The molecule has 1 aliphatic rings. The summed E-state index contributed by atoms with van der Waals surface area (Å²) in [5.41, 5.74) is 2.48. The first-order chi connectivity index (χ1) is 7.09. The van der Waals surface area contributed by atoms with Crippen molar-refractivity contribution < 1.29 is 9.90 Å². The third-order valence-corrected chi connectivity index (χ3v) is 3.14. The molecular weight excluding hydrogens is 188 g/mol. The Balaban J connectivity index is 2.09. The van der Waals surface area contributed by atoms with Crippen molar-refractivity contribution in [3.05, 3.63) is 35.4 Å². The summed E-state index contributed by atoms with van der Waals surface area (Å²) < 4.78 is 0. The lowest BCUT2D eigenvalue weighted by atomic mass is 10.00. The Labute approximate surface area is 89.9 Å². The molecule has 0 amide bonds. The van der Waals surface area contributed by atoms with Crippen molar-refractivity contribution in [1.29, 1.82) is 0 Å². The highest BCUT2D eigenvalue weighted by Crippen LogP contribution is 2.47. The predicted molar refractivity (Wildman–Crippen MR) is 59.0 cm³/mol.